The van der Waals surface area contributed by atoms with Crippen molar-refractivity contribution in [2.24, 2.45) is 0 Å². The standard InChI is InChI=1S/C25H32N2O3.BrH/c1-4-23(28)30-21-14-9-15-27(17-21)22(16-20-12-6-5-7-13-20)25(29)26-24-18(2)10-8-11-19(24)3;/h5-8,10-13,21-22H,4,9,14-17H2,1-3H3,(H,26,29);1H. The Kier molecular flexibility index (Phi) is 9.72. The van der Waals surface area contributed by atoms with Crippen LogP contribution in [-0.2, 0) is 20.7 Å². The maximum absolute atomic E-state index is 13.4. The molecule has 31 heavy (non-hydrogen) atoms. The first-order valence-electron chi connectivity index (χ1n) is 10.8. The number of aryl methyl sites for hydroxylation is 2. The van der Waals surface area contributed by atoms with Crippen molar-refractivity contribution in [1.29, 1.82) is 0 Å². The lowest BCUT2D eigenvalue weighted by Crippen LogP contribution is -2.51. The van der Waals surface area contributed by atoms with Crippen LogP contribution in [-0.4, -0.2) is 42.0 Å². The number of piperidine rings is 1. The van der Waals surface area contributed by atoms with Gasteiger partial charge in [0.25, 0.3) is 0 Å². The molecule has 2 aromatic rings. The molecular weight excluding hydrogens is 456 g/mol. The topological polar surface area (TPSA) is 58.6 Å². The highest BCUT2D eigenvalue weighted by Crippen LogP contribution is 2.23. The van der Waals surface area contributed by atoms with Gasteiger partial charge in [0.1, 0.15) is 6.10 Å². The van der Waals surface area contributed by atoms with Crippen LogP contribution in [0.3, 0.4) is 0 Å². The number of carbonyl (C=O) groups excluding carboxylic acids is 2. The van der Waals surface area contributed by atoms with Crippen molar-refractivity contribution in [2.45, 2.75) is 58.6 Å². The predicted octanol–water partition coefficient (Wildman–Crippen LogP) is 4.85. The average Bonchev–Trinajstić information content (AvgIpc) is 2.75. The van der Waals surface area contributed by atoms with Crippen molar-refractivity contribution in [3.8, 4) is 0 Å². The van der Waals surface area contributed by atoms with E-state index in [-0.39, 0.29) is 41.0 Å². The minimum Gasteiger partial charge on any atom is -0.461 e. The number of nitrogens with zero attached hydrogens (tertiary/aromatic N) is 1. The van der Waals surface area contributed by atoms with Crippen LogP contribution in [0.4, 0.5) is 5.69 Å². The van der Waals surface area contributed by atoms with E-state index < -0.39 is 0 Å². The van der Waals surface area contributed by atoms with Crippen LogP contribution < -0.4 is 5.32 Å². The molecule has 0 radical (unpaired) electrons. The van der Waals surface area contributed by atoms with E-state index in [2.05, 4.69) is 22.3 Å². The van der Waals surface area contributed by atoms with E-state index in [1.54, 1.807) is 6.92 Å². The van der Waals surface area contributed by atoms with Crippen molar-refractivity contribution in [3.63, 3.8) is 0 Å². The quantitative estimate of drug-likeness (QED) is 0.565. The van der Waals surface area contributed by atoms with Gasteiger partial charge in [-0.1, -0.05) is 55.5 Å². The molecule has 2 unspecified atom stereocenters. The Morgan fingerprint density at radius 1 is 1.10 bits per heavy atom. The molecule has 1 saturated heterocycles. The van der Waals surface area contributed by atoms with E-state index in [9.17, 15) is 9.59 Å². The third-order valence-corrected chi connectivity index (χ3v) is 5.74. The minimum absolute atomic E-state index is 0. The van der Waals surface area contributed by atoms with Crippen LogP contribution in [0.1, 0.15) is 42.9 Å². The largest absolute Gasteiger partial charge is 0.461 e. The number of hydrogen-bond acceptors (Lipinski definition) is 4. The Morgan fingerprint density at radius 2 is 1.77 bits per heavy atom. The van der Waals surface area contributed by atoms with E-state index in [0.29, 0.717) is 19.4 Å². The number of hydrogen-bond donors (Lipinski definition) is 1. The zero-order valence-electron chi connectivity index (χ0n) is 18.6. The van der Waals surface area contributed by atoms with Gasteiger partial charge in [-0.2, -0.15) is 0 Å². The molecule has 1 N–H and O–H groups in total. The van der Waals surface area contributed by atoms with Gasteiger partial charge in [-0.15, -0.1) is 17.0 Å². The number of halogens is 1. The normalized spacial score (nSPS) is 17.3. The molecule has 0 aromatic heterocycles. The number of para-hydroxylation sites is 1. The molecule has 0 saturated carbocycles. The van der Waals surface area contributed by atoms with Crippen LogP contribution in [0.5, 0.6) is 0 Å². The first-order chi connectivity index (χ1) is 14.5. The lowest BCUT2D eigenvalue weighted by atomic mass is 9.99. The number of anilines is 1. The van der Waals surface area contributed by atoms with Gasteiger partial charge in [0.15, 0.2) is 0 Å². The maximum Gasteiger partial charge on any atom is 0.305 e. The summed E-state index contributed by atoms with van der Waals surface area (Å²) in [6.07, 6.45) is 2.59. The minimum atomic E-state index is -0.325. The Morgan fingerprint density at radius 3 is 2.42 bits per heavy atom. The number of esters is 1. The second-order valence-corrected chi connectivity index (χ2v) is 8.06. The molecule has 168 valence electrons. The Hall–Kier alpha value is -2.18. The second kappa shape index (κ2) is 12.0. The zero-order chi connectivity index (χ0) is 21.5. The predicted molar refractivity (Wildman–Crippen MR) is 130 cm³/mol. The second-order valence-electron chi connectivity index (χ2n) is 8.06. The molecular formula is C25H33BrN2O3. The van der Waals surface area contributed by atoms with Gasteiger partial charge in [0.2, 0.25) is 5.91 Å². The first-order valence-corrected chi connectivity index (χ1v) is 10.8. The number of carbonyl (C=O) groups is 2. The number of nitrogens with one attached hydrogen (secondary N) is 1. The van der Waals surface area contributed by atoms with Gasteiger partial charge in [0.05, 0.1) is 6.04 Å². The lowest BCUT2D eigenvalue weighted by molar-refractivity contribution is -0.151. The molecule has 2 aromatic carbocycles. The van der Waals surface area contributed by atoms with Crippen molar-refractivity contribution in [2.75, 3.05) is 18.4 Å². The molecule has 1 amide bonds. The van der Waals surface area contributed by atoms with E-state index in [1.807, 2.05) is 50.2 Å². The molecule has 5 nitrogen and oxygen atoms in total. The van der Waals surface area contributed by atoms with Gasteiger partial charge in [-0.05, 0) is 56.3 Å². The molecule has 1 fully saturated rings. The summed E-state index contributed by atoms with van der Waals surface area (Å²) in [5.74, 6) is -0.194. The van der Waals surface area contributed by atoms with Crippen LogP contribution in [0, 0.1) is 13.8 Å². The molecule has 3 rings (SSSR count). The van der Waals surface area contributed by atoms with Crippen LogP contribution >= 0.6 is 17.0 Å². The third kappa shape index (κ3) is 6.91. The number of ether oxygens (including phenoxy) is 1. The SMILES string of the molecule is Br.CCC(=O)OC1CCCN(C(Cc2ccccc2)C(=O)Nc2c(C)cccc2C)C1. The highest BCUT2D eigenvalue weighted by molar-refractivity contribution is 8.93. The monoisotopic (exact) mass is 488 g/mol. The lowest BCUT2D eigenvalue weighted by Gasteiger charge is -2.37. The van der Waals surface area contributed by atoms with E-state index in [1.165, 1.54) is 0 Å². The summed E-state index contributed by atoms with van der Waals surface area (Å²) < 4.78 is 5.60. The van der Waals surface area contributed by atoms with Gasteiger partial charge in [-0.25, -0.2) is 0 Å². The van der Waals surface area contributed by atoms with Gasteiger partial charge in [-0.3, -0.25) is 14.5 Å². The number of amides is 1. The van der Waals surface area contributed by atoms with Gasteiger partial charge < -0.3 is 10.1 Å². The Balaban J connectivity index is 0.00000341. The third-order valence-electron chi connectivity index (χ3n) is 5.74. The van der Waals surface area contributed by atoms with E-state index in [4.69, 9.17) is 4.74 Å². The fourth-order valence-corrected chi connectivity index (χ4v) is 4.06. The van der Waals surface area contributed by atoms with Crippen LogP contribution in [0.2, 0.25) is 0 Å². The number of benzene rings is 2. The summed E-state index contributed by atoms with van der Waals surface area (Å²) in [6.45, 7) is 7.23. The smallest absolute Gasteiger partial charge is 0.305 e. The molecule has 0 bridgehead atoms. The van der Waals surface area contributed by atoms with E-state index in [0.717, 1.165) is 41.8 Å². The molecule has 0 aliphatic carbocycles. The molecule has 6 heteroatoms. The summed E-state index contributed by atoms with van der Waals surface area (Å²) in [4.78, 5) is 27.4. The van der Waals surface area contributed by atoms with Crippen molar-refractivity contribution in [3.05, 3.63) is 65.2 Å². The zero-order valence-corrected chi connectivity index (χ0v) is 20.3. The molecule has 1 aliphatic heterocycles. The molecule has 2 atom stereocenters. The Bertz CT molecular complexity index is 852. The van der Waals surface area contributed by atoms with Gasteiger partial charge >= 0.3 is 5.97 Å². The summed E-state index contributed by atoms with van der Waals surface area (Å²) in [5.41, 5.74) is 4.10. The average molecular weight is 489 g/mol. The number of rotatable bonds is 7. The summed E-state index contributed by atoms with van der Waals surface area (Å²) in [5, 5.41) is 3.17. The van der Waals surface area contributed by atoms with E-state index >= 15 is 0 Å². The van der Waals surface area contributed by atoms with Crippen LogP contribution in [0.25, 0.3) is 0 Å². The molecule has 0 spiro atoms. The first kappa shape index (κ1) is 25.1. The highest BCUT2D eigenvalue weighted by Gasteiger charge is 2.32. The summed E-state index contributed by atoms with van der Waals surface area (Å²) >= 11 is 0. The fourth-order valence-electron chi connectivity index (χ4n) is 4.06. The van der Waals surface area contributed by atoms with Crippen molar-refractivity contribution >= 4 is 34.5 Å². The fraction of sp³-hybridized carbons (Fsp3) is 0.440. The highest BCUT2D eigenvalue weighted by atomic mass is 79.9. The maximum atomic E-state index is 13.4. The number of likely N-dealkylation sites (tertiary alicyclic amines) is 1. The van der Waals surface area contributed by atoms with Gasteiger partial charge in [0, 0.05) is 18.7 Å². The Labute approximate surface area is 195 Å². The van der Waals surface area contributed by atoms with Crippen molar-refractivity contribution < 1.29 is 14.3 Å². The summed E-state index contributed by atoms with van der Waals surface area (Å²) in [7, 11) is 0. The summed E-state index contributed by atoms with van der Waals surface area (Å²) in [6, 6.07) is 15.8. The van der Waals surface area contributed by atoms with Crippen molar-refractivity contribution in [1.82, 2.24) is 4.90 Å². The molecule has 1 heterocycles. The van der Waals surface area contributed by atoms with Crippen LogP contribution in [0.15, 0.2) is 48.5 Å². The molecule has 1 aliphatic rings.